The second-order valence-corrected chi connectivity index (χ2v) is 10.5. The highest BCUT2D eigenvalue weighted by molar-refractivity contribution is 6.35. The molecule has 4 nitrogen and oxygen atoms in total. The van der Waals surface area contributed by atoms with E-state index in [-0.39, 0.29) is 17.7 Å². The summed E-state index contributed by atoms with van der Waals surface area (Å²) in [5.41, 5.74) is 7.72. The second-order valence-electron chi connectivity index (χ2n) is 9.66. The van der Waals surface area contributed by atoms with Gasteiger partial charge in [-0.1, -0.05) is 50.0 Å². The van der Waals surface area contributed by atoms with Crippen LogP contribution < -0.4 is 10.6 Å². The van der Waals surface area contributed by atoms with Gasteiger partial charge in [-0.05, 0) is 60.2 Å². The Morgan fingerprint density at radius 3 is 2.26 bits per heavy atom. The molecule has 1 saturated heterocycles. The fourth-order valence-corrected chi connectivity index (χ4v) is 5.02. The van der Waals surface area contributed by atoms with Gasteiger partial charge in [0.15, 0.2) is 0 Å². The number of nitrogens with zero attached hydrogens (tertiary/aromatic N) is 2. The maximum Gasteiger partial charge on any atom is 0.416 e. The van der Waals surface area contributed by atoms with Crippen molar-refractivity contribution in [3.8, 4) is 0 Å². The van der Waals surface area contributed by atoms with Crippen LogP contribution in [0, 0.1) is 11.8 Å². The average Bonchev–Trinajstić information content (AvgIpc) is 2.79. The molecule has 2 atom stereocenters. The predicted molar refractivity (Wildman–Crippen MR) is 136 cm³/mol. The van der Waals surface area contributed by atoms with Crippen LogP contribution in [0.4, 0.5) is 18.9 Å². The van der Waals surface area contributed by atoms with E-state index in [1.807, 2.05) is 36.6 Å². The molecule has 2 aromatic carbocycles. The second kappa shape index (κ2) is 11.4. The smallest absolute Gasteiger partial charge is 0.368 e. The van der Waals surface area contributed by atoms with E-state index in [2.05, 4.69) is 0 Å². The largest absolute Gasteiger partial charge is 0.416 e. The number of hydrogen-bond acceptors (Lipinski definition) is 3. The molecule has 2 unspecified atom stereocenters. The van der Waals surface area contributed by atoms with Gasteiger partial charge in [0.25, 0.3) is 0 Å². The molecule has 2 aromatic rings. The van der Waals surface area contributed by atoms with E-state index in [1.54, 1.807) is 12.1 Å². The molecule has 0 saturated carbocycles. The summed E-state index contributed by atoms with van der Waals surface area (Å²) in [6, 6.07) is 8.55. The summed E-state index contributed by atoms with van der Waals surface area (Å²) in [7, 11) is 0. The van der Waals surface area contributed by atoms with E-state index in [0.29, 0.717) is 60.3 Å². The number of amides is 1. The first-order valence-corrected chi connectivity index (χ1v) is 12.6. The SMILES string of the molecule is CC(C)CC(N)c1cc(C(F)(F)F)ccc1N1CCN(C(=O)C(C)Cc2ccc(Cl)cc2Cl)CC1. The van der Waals surface area contributed by atoms with Crippen molar-refractivity contribution in [3.05, 3.63) is 63.1 Å². The van der Waals surface area contributed by atoms with Crippen LogP contribution in [0.2, 0.25) is 10.0 Å². The molecule has 0 radical (unpaired) electrons. The minimum absolute atomic E-state index is 0.0276. The summed E-state index contributed by atoms with van der Waals surface area (Å²) in [5, 5.41) is 1.08. The molecule has 2 N–H and O–H groups in total. The molecular weight excluding hydrogens is 498 g/mol. The van der Waals surface area contributed by atoms with Gasteiger partial charge in [-0.3, -0.25) is 4.79 Å². The van der Waals surface area contributed by atoms with Crippen molar-refractivity contribution < 1.29 is 18.0 Å². The van der Waals surface area contributed by atoms with Gasteiger partial charge in [0.1, 0.15) is 0 Å². The first-order chi connectivity index (χ1) is 16.4. The van der Waals surface area contributed by atoms with Crippen molar-refractivity contribution in [3.63, 3.8) is 0 Å². The Balaban J connectivity index is 1.70. The van der Waals surface area contributed by atoms with Gasteiger partial charge < -0.3 is 15.5 Å². The Labute approximate surface area is 215 Å². The molecule has 1 amide bonds. The average molecular weight is 530 g/mol. The van der Waals surface area contributed by atoms with Crippen LogP contribution in [0.15, 0.2) is 36.4 Å². The number of alkyl halides is 3. The third-order valence-corrected chi connectivity index (χ3v) is 6.96. The molecule has 35 heavy (non-hydrogen) atoms. The zero-order valence-corrected chi connectivity index (χ0v) is 21.7. The molecular formula is C26H32Cl2F3N3O. The van der Waals surface area contributed by atoms with Crippen molar-refractivity contribution in [2.75, 3.05) is 31.1 Å². The molecule has 192 valence electrons. The third kappa shape index (κ3) is 7.05. The minimum Gasteiger partial charge on any atom is -0.368 e. The number of carbonyl (C=O) groups is 1. The van der Waals surface area contributed by atoms with E-state index >= 15 is 0 Å². The van der Waals surface area contributed by atoms with E-state index in [0.717, 1.165) is 11.6 Å². The van der Waals surface area contributed by atoms with Crippen LogP contribution in [0.3, 0.4) is 0 Å². The monoisotopic (exact) mass is 529 g/mol. The lowest BCUT2D eigenvalue weighted by molar-refractivity contribution is -0.137. The lowest BCUT2D eigenvalue weighted by Gasteiger charge is -2.38. The van der Waals surface area contributed by atoms with E-state index < -0.39 is 17.8 Å². The molecule has 9 heteroatoms. The van der Waals surface area contributed by atoms with Gasteiger partial charge in [-0.25, -0.2) is 0 Å². The van der Waals surface area contributed by atoms with Crippen LogP contribution in [-0.2, 0) is 17.4 Å². The fraction of sp³-hybridized carbons (Fsp3) is 0.500. The number of benzene rings is 2. The van der Waals surface area contributed by atoms with Gasteiger partial charge in [-0.2, -0.15) is 13.2 Å². The highest BCUT2D eigenvalue weighted by atomic mass is 35.5. The van der Waals surface area contributed by atoms with Crippen LogP contribution in [0.5, 0.6) is 0 Å². The third-order valence-electron chi connectivity index (χ3n) is 6.37. The lowest BCUT2D eigenvalue weighted by atomic mass is 9.94. The number of piperazine rings is 1. The van der Waals surface area contributed by atoms with Gasteiger partial charge in [0.2, 0.25) is 5.91 Å². The molecule has 1 fully saturated rings. The van der Waals surface area contributed by atoms with Crippen LogP contribution in [0.25, 0.3) is 0 Å². The standard InChI is InChI=1S/C26H32Cl2F3N3O/c1-16(2)12-23(32)21-14-19(26(29,30)31)5-7-24(21)33-8-10-34(11-9-33)25(35)17(3)13-18-4-6-20(27)15-22(18)28/h4-7,14-17,23H,8-13,32H2,1-3H3. The summed E-state index contributed by atoms with van der Waals surface area (Å²) < 4.78 is 40.1. The highest BCUT2D eigenvalue weighted by Gasteiger charge is 2.33. The van der Waals surface area contributed by atoms with Crippen molar-refractivity contribution in [2.24, 2.45) is 17.6 Å². The van der Waals surface area contributed by atoms with Gasteiger partial charge >= 0.3 is 6.18 Å². The van der Waals surface area contributed by atoms with Crippen LogP contribution >= 0.6 is 23.2 Å². The Morgan fingerprint density at radius 2 is 1.69 bits per heavy atom. The zero-order valence-electron chi connectivity index (χ0n) is 20.2. The maximum atomic E-state index is 13.4. The Bertz CT molecular complexity index is 1040. The molecule has 3 rings (SSSR count). The quantitative estimate of drug-likeness (QED) is 0.440. The summed E-state index contributed by atoms with van der Waals surface area (Å²) >= 11 is 12.2. The van der Waals surface area contributed by atoms with Gasteiger partial charge in [0, 0.05) is 53.9 Å². The molecule has 1 heterocycles. The number of hydrogen-bond donors (Lipinski definition) is 1. The van der Waals surface area contributed by atoms with Gasteiger partial charge in [-0.15, -0.1) is 0 Å². The number of anilines is 1. The Kier molecular flexibility index (Phi) is 9.00. The first kappa shape index (κ1) is 27.6. The van der Waals surface area contributed by atoms with E-state index in [4.69, 9.17) is 28.9 Å². The topological polar surface area (TPSA) is 49.6 Å². The van der Waals surface area contributed by atoms with Crippen LogP contribution in [0.1, 0.15) is 49.9 Å². The summed E-state index contributed by atoms with van der Waals surface area (Å²) in [6.07, 6.45) is -3.35. The van der Waals surface area contributed by atoms with Gasteiger partial charge in [0.05, 0.1) is 5.56 Å². The highest BCUT2D eigenvalue weighted by Crippen LogP contribution is 2.36. The number of nitrogens with two attached hydrogens (primary N) is 1. The number of halogens is 5. The summed E-state index contributed by atoms with van der Waals surface area (Å²) in [6.45, 7) is 7.87. The summed E-state index contributed by atoms with van der Waals surface area (Å²) in [5.74, 6) is 0.0126. The van der Waals surface area contributed by atoms with E-state index in [1.165, 1.54) is 12.1 Å². The number of rotatable bonds is 7. The molecule has 1 aliphatic rings. The fourth-order valence-electron chi connectivity index (χ4n) is 4.53. The van der Waals surface area contributed by atoms with Crippen molar-refractivity contribution in [1.29, 1.82) is 0 Å². The zero-order chi connectivity index (χ0) is 25.9. The predicted octanol–water partition coefficient (Wildman–Crippen LogP) is 6.59. The lowest BCUT2D eigenvalue weighted by Crippen LogP contribution is -2.50. The van der Waals surface area contributed by atoms with Crippen LogP contribution in [-0.4, -0.2) is 37.0 Å². The minimum atomic E-state index is -4.43. The number of carbonyl (C=O) groups excluding carboxylic acids is 1. The normalized spacial score (nSPS) is 16.5. The van der Waals surface area contributed by atoms with Crippen molar-refractivity contribution >= 4 is 34.8 Å². The van der Waals surface area contributed by atoms with Crippen molar-refractivity contribution in [2.45, 2.75) is 45.8 Å². The first-order valence-electron chi connectivity index (χ1n) is 11.8. The molecule has 0 aliphatic carbocycles. The Hall–Kier alpha value is -1.96. The van der Waals surface area contributed by atoms with Crippen molar-refractivity contribution in [1.82, 2.24) is 4.90 Å². The molecule has 0 aromatic heterocycles. The Morgan fingerprint density at radius 1 is 1.03 bits per heavy atom. The molecule has 0 bridgehead atoms. The molecule has 0 spiro atoms. The molecule has 1 aliphatic heterocycles. The van der Waals surface area contributed by atoms with E-state index in [9.17, 15) is 18.0 Å². The maximum absolute atomic E-state index is 13.4. The summed E-state index contributed by atoms with van der Waals surface area (Å²) in [4.78, 5) is 16.9.